The fourth-order valence-electron chi connectivity index (χ4n) is 2.36. The van der Waals surface area contributed by atoms with E-state index >= 15 is 0 Å². The van der Waals surface area contributed by atoms with E-state index in [1.165, 1.54) is 4.90 Å². The van der Waals surface area contributed by atoms with E-state index in [1.807, 2.05) is 0 Å². The standard InChI is InChI=1S/C13H24N2O2/c1-4-6-10(7-5-2)14-11-8-9-12(16)15(3)13(11)17/h10-11,14H,4-9H2,1-3H3. The molecule has 0 aromatic heterocycles. The molecule has 0 spiro atoms. The molecule has 0 aromatic carbocycles. The van der Waals surface area contributed by atoms with E-state index in [1.54, 1.807) is 7.05 Å². The molecule has 0 aliphatic carbocycles. The molecule has 2 amide bonds. The van der Waals surface area contributed by atoms with Crippen molar-refractivity contribution in [1.82, 2.24) is 10.2 Å². The number of likely N-dealkylation sites (N-methyl/N-ethyl adjacent to an activating group) is 1. The Hall–Kier alpha value is -0.900. The summed E-state index contributed by atoms with van der Waals surface area (Å²) >= 11 is 0. The van der Waals surface area contributed by atoms with E-state index in [9.17, 15) is 9.59 Å². The fraction of sp³-hybridized carbons (Fsp3) is 0.846. The van der Waals surface area contributed by atoms with Crippen LogP contribution in [-0.2, 0) is 9.59 Å². The minimum Gasteiger partial charge on any atom is -0.303 e. The van der Waals surface area contributed by atoms with Gasteiger partial charge in [-0.05, 0) is 19.3 Å². The Bertz CT molecular complexity index is 273. The summed E-state index contributed by atoms with van der Waals surface area (Å²) in [7, 11) is 1.58. The first-order chi connectivity index (χ1) is 8.10. The number of nitrogens with one attached hydrogen (secondary N) is 1. The number of carbonyl (C=O) groups is 2. The van der Waals surface area contributed by atoms with Crippen molar-refractivity contribution in [3.8, 4) is 0 Å². The van der Waals surface area contributed by atoms with Gasteiger partial charge >= 0.3 is 0 Å². The van der Waals surface area contributed by atoms with Crippen molar-refractivity contribution in [2.75, 3.05) is 7.05 Å². The lowest BCUT2D eigenvalue weighted by Crippen LogP contribution is -2.53. The van der Waals surface area contributed by atoms with Crippen LogP contribution in [0.3, 0.4) is 0 Å². The van der Waals surface area contributed by atoms with Crippen LogP contribution >= 0.6 is 0 Å². The Balaban J connectivity index is 2.54. The molecular weight excluding hydrogens is 216 g/mol. The van der Waals surface area contributed by atoms with Crippen molar-refractivity contribution >= 4 is 11.8 Å². The SMILES string of the molecule is CCCC(CCC)NC1CCC(=O)N(C)C1=O. The molecule has 1 aliphatic heterocycles. The molecule has 4 nitrogen and oxygen atoms in total. The van der Waals surface area contributed by atoms with Crippen LogP contribution in [0.1, 0.15) is 52.4 Å². The molecule has 1 aliphatic rings. The van der Waals surface area contributed by atoms with Gasteiger partial charge in [-0.25, -0.2) is 0 Å². The van der Waals surface area contributed by atoms with E-state index in [4.69, 9.17) is 0 Å². The largest absolute Gasteiger partial charge is 0.303 e. The average Bonchev–Trinajstić information content (AvgIpc) is 2.30. The third kappa shape index (κ3) is 3.80. The van der Waals surface area contributed by atoms with E-state index in [0.29, 0.717) is 18.9 Å². The number of rotatable bonds is 6. The van der Waals surface area contributed by atoms with Crippen molar-refractivity contribution in [1.29, 1.82) is 0 Å². The summed E-state index contributed by atoms with van der Waals surface area (Å²) in [6.45, 7) is 4.31. The van der Waals surface area contributed by atoms with Gasteiger partial charge in [-0.15, -0.1) is 0 Å². The molecular formula is C13H24N2O2. The molecule has 0 aromatic rings. The van der Waals surface area contributed by atoms with Crippen molar-refractivity contribution in [3.63, 3.8) is 0 Å². The monoisotopic (exact) mass is 240 g/mol. The summed E-state index contributed by atoms with van der Waals surface area (Å²) in [5.74, 6) is -0.131. The van der Waals surface area contributed by atoms with Crippen LogP contribution in [0.15, 0.2) is 0 Å². The van der Waals surface area contributed by atoms with Crippen LogP contribution in [0.5, 0.6) is 0 Å². The predicted octanol–water partition coefficient (Wildman–Crippen LogP) is 1.69. The number of amides is 2. The van der Waals surface area contributed by atoms with Crippen molar-refractivity contribution < 1.29 is 9.59 Å². The van der Waals surface area contributed by atoms with Gasteiger partial charge in [-0.1, -0.05) is 26.7 Å². The highest BCUT2D eigenvalue weighted by molar-refractivity contribution is 6.00. The molecule has 1 heterocycles. The molecule has 98 valence electrons. The quantitative estimate of drug-likeness (QED) is 0.719. The molecule has 0 bridgehead atoms. The van der Waals surface area contributed by atoms with Gasteiger partial charge in [0.15, 0.2) is 0 Å². The average molecular weight is 240 g/mol. The molecule has 1 rings (SSSR count). The van der Waals surface area contributed by atoms with E-state index in [0.717, 1.165) is 25.7 Å². The summed E-state index contributed by atoms with van der Waals surface area (Å²) in [6.07, 6.45) is 5.54. The number of nitrogens with zero attached hydrogens (tertiary/aromatic N) is 1. The first kappa shape index (κ1) is 14.2. The molecule has 17 heavy (non-hydrogen) atoms. The Morgan fingerprint density at radius 2 is 1.88 bits per heavy atom. The molecule has 1 N–H and O–H groups in total. The van der Waals surface area contributed by atoms with Crippen LogP contribution in [0.4, 0.5) is 0 Å². The Morgan fingerprint density at radius 3 is 2.41 bits per heavy atom. The van der Waals surface area contributed by atoms with Gasteiger partial charge in [0.25, 0.3) is 0 Å². The smallest absolute Gasteiger partial charge is 0.246 e. The molecule has 0 saturated carbocycles. The second-order valence-corrected chi connectivity index (χ2v) is 4.82. The molecule has 1 atom stereocenters. The first-order valence-electron chi connectivity index (χ1n) is 6.66. The lowest BCUT2D eigenvalue weighted by atomic mass is 10.0. The zero-order chi connectivity index (χ0) is 12.8. The molecule has 0 radical (unpaired) electrons. The van der Waals surface area contributed by atoms with Gasteiger partial charge in [0, 0.05) is 19.5 Å². The van der Waals surface area contributed by atoms with Gasteiger partial charge in [0.2, 0.25) is 11.8 Å². The Kier molecular flexibility index (Phi) is 5.62. The van der Waals surface area contributed by atoms with E-state index < -0.39 is 0 Å². The van der Waals surface area contributed by atoms with Crippen LogP contribution in [-0.4, -0.2) is 35.8 Å². The maximum absolute atomic E-state index is 11.9. The van der Waals surface area contributed by atoms with Crippen LogP contribution < -0.4 is 5.32 Å². The summed E-state index contributed by atoms with van der Waals surface area (Å²) in [5, 5.41) is 3.42. The zero-order valence-electron chi connectivity index (χ0n) is 11.2. The number of carbonyl (C=O) groups excluding carboxylic acids is 2. The van der Waals surface area contributed by atoms with E-state index in [-0.39, 0.29) is 17.9 Å². The second kappa shape index (κ2) is 6.74. The summed E-state index contributed by atoms with van der Waals surface area (Å²) in [5.41, 5.74) is 0. The Labute approximate surface area is 104 Å². The first-order valence-corrected chi connectivity index (χ1v) is 6.66. The normalized spacial score (nSPS) is 21.4. The van der Waals surface area contributed by atoms with Gasteiger partial charge in [-0.3, -0.25) is 14.5 Å². The predicted molar refractivity (Wildman–Crippen MR) is 67.5 cm³/mol. The third-order valence-electron chi connectivity index (χ3n) is 3.36. The van der Waals surface area contributed by atoms with Crippen molar-refractivity contribution in [2.24, 2.45) is 0 Å². The van der Waals surface area contributed by atoms with Crippen molar-refractivity contribution in [3.05, 3.63) is 0 Å². The highest BCUT2D eigenvalue weighted by Gasteiger charge is 2.32. The highest BCUT2D eigenvalue weighted by Crippen LogP contribution is 2.14. The number of hydrogen-bond donors (Lipinski definition) is 1. The molecule has 1 unspecified atom stereocenters. The van der Waals surface area contributed by atoms with Crippen LogP contribution in [0.25, 0.3) is 0 Å². The lowest BCUT2D eigenvalue weighted by molar-refractivity contribution is -0.148. The number of likely N-dealkylation sites (tertiary alicyclic amines) is 1. The van der Waals surface area contributed by atoms with Gasteiger partial charge in [-0.2, -0.15) is 0 Å². The molecule has 4 heteroatoms. The number of hydrogen-bond acceptors (Lipinski definition) is 3. The maximum atomic E-state index is 11.9. The minimum atomic E-state index is -0.166. The van der Waals surface area contributed by atoms with Gasteiger partial charge in [0.1, 0.15) is 0 Å². The number of imide groups is 1. The zero-order valence-corrected chi connectivity index (χ0v) is 11.2. The van der Waals surface area contributed by atoms with Crippen LogP contribution in [0, 0.1) is 0 Å². The summed E-state index contributed by atoms with van der Waals surface area (Å²) < 4.78 is 0. The highest BCUT2D eigenvalue weighted by atomic mass is 16.2. The van der Waals surface area contributed by atoms with E-state index in [2.05, 4.69) is 19.2 Å². The molecule has 1 saturated heterocycles. The van der Waals surface area contributed by atoms with Gasteiger partial charge < -0.3 is 5.32 Å². The van der Waals surface area contributed by atoms with Gasteiger partial charge in [0.05, 0.1) is 6.04 Å². The Morgan fingerprint density at radius 1 is 1.29 bits per heavy atom. The van der Waals surface area contributed by atoms with Crippen molar-refractivity contribution in [2.45, 2.75) is 64.5 Å². The lowest BCUT2D eigenvalue weighted by Gasteiger charge is -2.31. The second-order valence-electron chi connectivity index (χ2n) is 4.82. The number of piperidine rings is 1. The fourth-order valence-corrected chi connectivity index (χ4v) is 2.36. The maximum Gasteiger partial charge on any atom is 0.246 e. The minimum absolute atomic E-state index is 0.0596. The summed E-state index contributed by atoms with van der Waals surface area (Å²) in [4.78, 5) is 24.5. The van der Waals surface area contributed by atoms with Crippen LogP contribution in [0.2, 0.25) is 0 Å². The summed E-state index contributed by atoms with van der Waals surface area (Å²) in [6, 6.07) is 0.237. The molecule has 1 fully saturated rings. The third-order valence-corrected chi connectivity index (χ3v) is 3.36. The topological polar surface area (TPSA) is 49.4 Å².